The fourth-order valence-corrected chi connectivity index (χ4v) is 6.84. The fraction of sp³-hybridized carbons (Fsp3) is 0.333. The van der Waals surface area contributed by atoms with Gasteiger partial charge in [-0.15, -0.1) is 11.3 Å². The molecule has 1 fully saturated rings. The molecule has 1 N–H and O–H groups in total. The summed E-state index contributed by atoms with van der Waals surface area (Å²) in [5.74, 6) is 0.0371. The van der Waals surface area contributed by atoms with Crippen molar-refractivity contribution in [2.45, 2.75) is 58.2 Å². The Labute approximate surface area is 222 Å². The number of benzene rings is 2. The van der Waals surface area contributed by atoms with Crippen LogP contribution < -0.4 is 5.32 Å². The Bertz CT molecular complexity index is 1370. The molecule has 0 aliphatic heterocycles. The number of nitrogens with zero attached hydrogens (tertiary/aromatic N) is 2. The van der Waals surface area contributed by atoms with E-state index in [1.165, 1.54) is 11.3 Å². The van der Waals surface area contributed by atoms with Gasteiger partial charge < -0.3 is 10.2 Å². The summed E-state index contributed by atoms with van der Waals surface area (Å²) in [5, 5.41) is 4.94. The van der Waals surface area contributed by atoms with E-state index in [0.717, 1.165) is 63.8 Å². The van der Waals surface area contributed by atoms with Crippen molar-refractivity contribution in [2.24, 2.45) is 0 Å². The lowest BCUT2D eigenvalue weighted by Gasteiger charge is -2.37. The number of carbonyl (C=O) groups is 1. The smallest absolute Gasteiger partial charge is 0.266 e. The van der Waals surface area contributed by atoms with Crippen LogP contribution in [0.4, 0.5) is 0 Å². The third-order valence-corrected chi connectivity index (χ3v) is 8.89. The van der Waals surface area contributed by atoms with Gasteiger partial charge in [-0.2, -0.15) is 0 Å². The SMILES string of the molecule is CNC1CCC(N(Cc2cccc(-c3cc(C)nc(C)c3)c2)C(=O)c2sc3ccccc3c2Cl)CC1. The van der Waals surface area contributed by atoms with Gasteiger partial charge >= 0.3 is 0 Å². The van der Waals surface area contributed by atoms with Crippen molar-refractivity contribution < 1.29 is 4.79 Å². The lowest BCUT2D eigenvalue weighted by molar-refractivity contribution is 0.0606. The second-order valence-corrected chi connectivity index (χ2v) is 11.2. The summed E-state index contributed by atoms with van der Waals surface area (Å²) >= 11 is 8.27. The molecule has 2 heterocycles. The van der Waals surface area contributed by atoms with Crippen LogP contribution in [0.2, 0.25) is 5.02 Å². The maximum atomic E-state index is 14.1. The van der Waals surface area contributed by atoms with Crippen molar-refractivity contribution in [2.75, 3.05) is 7.05 Å². The van der Waals surface area contributed by atoms with Crippen LogP contribution in [-0.4, -0.2) is 34.9 Å². The third kappa shape index (κ3) is 5.19. The third-order valence-electron chi connectivity index (χ3n) is 7.23. The molecule has 5 rings (SSSR count). The Morgan fingerprint density at radius 1 is 1.00 bits per heavy atom. The molecular formula is C30H32ClN3OS. The van der Waals surface area contributed by atoms with Crippen LogP contribution in [0.5, 0.6) is 0 Å². The number of amides is 1. The van der Waals surface area contributed by atoms with E-state index < -0.39 is 0 Å². The van der Waals surface area contributed by atoms with Crippen LogP contribution in [0.25, 0.3) is 21.2 Å². The maximum Gasteiger partial charge on any atom is 0.266 e. The monoisotopic (exact) mass is 517 g/mol. The van der Waals surface area contributed by atoms with Crippen molar-refractivity contribution in [3.05, 3.63) is 87.5 Å². The van der Waals surface area contributed by atoms with Gasteiger partial charge in [0.1, 0.15) is 4.88 Å². The van der Waals surface area contributed by atoms with Gasteiger partial charge in [0.05, 0.1) is 5.02 Å². The zero-order valence-electron chi connectivity index (χ0n) is 21.1. The molecule has 4 aromatic rings. The Morgan fingerprint density at radius 2 is 1.72 bits per heavy atom. The average molecular weight is 518 g/mol. The molecule has 2 aromatic heterocycles. The summed E-state index contributed by atoms with van der Waals surface area (Å²) in [6, 6.07) is 21.5. The molecule has 186 valence electrons. The standard InChI is InChI=1S/C30H32ClN3OS/c1-19-15-23(16-20(2)33-19)22-8-6-7-21(17-22)18-34(25-13-11-24(32-3)12-14-25)30(35)29-28(31)26-9-4-5-10-27(26)36-29/h4-10,15-17,24-25,32H,11-14,18H2,1-3H3. The van der Waals surface area contributed by atoms with Gasteiger partial charge in [-0.3, -0.25) is 9.78 Å². The summed E-state index contributed by atoms with van der Waals surface area (Å²) in [5.41, 5.74) is 5.44. The van der Waals surface area contributed by atoms with Crippen LogP contribution >= 0.6 is 22.9 Å². The molecular weight excluding hydrogens is 486 g/mol. The number of aryl methyl sites for hydroxylation is 2. The van der Waals surface area contributed by atoms with E-state index in [4.69, 9.17) is 11.6 Å². The van der Waals surface area contributed by atoms with Gasteiger partial charge in [0.2, 0.25) is 0 Å². The van der Waals surface area contributed by atoms with Crippen LogP contribution in [0.15, 0.2) is 60.7 Å². The first-order valence-corrected chi connectivity index (χ1v) is 13.8. The highest BCUT2D eigenvalue weighted by Gasteiger charge is 2.31. The van der Waals surface area contributed by atoms with Crippen LogP contribution in [0, 0.1) is 13.8 Å². The van der Waals surface area contributed by atoms with Crippen LogP contribution in [0.1, 0.15) is 52.3 Å². The van der Waals surface area contributed by atoms with Crippen molar-refractivity contribution >= 4 is 38.9 Å². The zero-order valence-corrected chi connectivity index (χ0v) is 22.6. The minimum absolute atomic E-state index is 0.0371. The van der Waals surface area contributed by atoms with Crippen LogP contribution in [-0.2, 0) is 6.54 Å². The average Bonchev–Trinajstić information content (AvgIpc) is 3.23. The highest BCUT2D eigenvalue weighted by atomic mass is 35.5. The number of hydrogen-bond acceptors (Lipinski definition) is 4. The van der Waals surface area contributed by atoms with Gasteiger partial charge in [-0.25, -0.2) is 0 Å². The van der Waals surface area contributed by atoms with Crippen molar-refractivity contribution in [1.29, 1.82) is 0 Å². The minimum atomic E-state index is 0.0371. The highest BCUT2D eigenvalue weighted by Crippen LogP contribution is 2.37. The van der Waals surface area contributed by atoms with E-state index in [2.05, 4.69) is 51.6 Å². The van der Waals surface area contributed by atoms with E-state index in [0.29, 0.717) is 22.5 Å². The molecule has 4 nitrogen and oxygen atoms in total. The molecule has 36 heavy (non-hydrogen) atoms. The molecule has 0 saturated heterocycles. The van der Waals surface area contributed by atoms with Crippen molar-refractivity contribution in [3.63, 3.8) is 0 Å². The molecule has 2 aromatic carbocycles. The van der Waals surface area contributed by atoms with Crippen molar-refractivity contribution in [1.82, 2.24) is 15.2 Å². The molecule has 6 heteroatoms. The summed E-state index contributed by atoms with van der Waals surface area (Å²) < 4.78 is 1.05. The predicted molar refractivity (Wildman–Crippen MR) is 151 cm³/mol. The number of pyridine rings is 1. The van der Waals surface area contributed by atoms with E-state index >= 15 is 0 Å². The highest BCUT2D eigenvalue weighted by molar-refractivity contribution is 7.21. The lowest BCUT2D eigenvalue weighted by Crippen LogP contribution is -2.44. The fourth-order valence-electron chi connectivity index (χ4n) is 5.37. The summed E-state index contributed by atoms with van der Waals surface area (Å²) in [6.45, 7) is 4.61. The molecule has 0 spiro atoms. The Kier molecular flexibility index (Phi) is 7.42. The van der Waals surface area contributed by atoms with Crippen molar-refractivity contribution in [3.8, 4) is 11.1 Å². The number of fused-ring (bicyclic) bond motifs is 1. The Hall–Kier alpha value is -2.73. The number of thiophene rings is 1. The number of rotatable bonds is 6. The number of nitrogens with one attached hydrogen (secondary N) is 1. The normalized spacial score (nSPS) is 17.9. The predicted octanol–water partition coefficient (Wildman–Crippen LogP) is 7.41. The molecule has 0 atom stereocenters. The summed E-state index contributed by atoms with van der Waals surface area (Å²) in [6.07, 6.45) is 4.12. The first-order chi connectivity index (χ1) is 17.4. The van der Waals surface area contributed by atoms with Gasteiger partial charge in [-0.05, 0) is 87.5 Å². The molecule has 1 saturated carbocycles. The first-order valence-electron chi connectivity index (χ1n) is 12.6. The topological polar surface area (TPSA) is 45.2 Å². The molecule has 1 aliphatic rings. The Morgan fingerprint density at radius 3 is 2.42 bits per heavy atom. The second-order valence-electron chi connectivity index (χ2n) is 9.81. The Balaban J connectivity index is 1.48. The van der Waals surface area contributed by atoms with E-state index in [1.54, 1.807) is 0 Å². The van der Waals surface area contributed by atoms with Gasteiger partial charge in [-0.1, -0.05) is 48.0 Å². The summed E-state index contributed by atoms with van der Waals surface area (Å²) in [4.78, 5) is 21.3. The second kappa shape index (κ2) is 10.7. The quantitative estimate of drug-likeness (QED) is 0.289. The molecule has 1 aliphatic carbocycles. The molecule has 1 amide bonds. The molecule has 0 radical (unpaired) electrons. The number of halogens is 1. The van der Waals surface area contributed by atoms with E-state index in [-0.39, 0.29) is 11.9 Å². The van der Waals surface area contributed by atoms with E-state index in [9.17, 15) is 4.79 Å². The minimum Gasteiger partial charge on any atom is -0.331 e. The number of carbonyl (C=O) groups excluding carboxylic acids is 1. The zero-order chi connectivity index (χ0) is 25.2. The summed E-state index contributed by atoms with van der Waals surface area (Å²) in [7, 11) is 2.03. The van der Waals surface area contributed by atoms with E-state index in [1.807, 2.05) is 45.2 Å². The lowest BCUT2D eigenvalue weighted by atomic mass is 9.89. The van der Waals surface area contributed by atoms with Gasteiger partial charge in [0, 0.05) is 40.1 Å². The number of aromatic nitrogens is 1. The van der Waals surface area contributed by atoms with Crippen LogP contribution in [0.3, 0.4) is 0 Å². The maximum absolute atomic E-state index is 14.1. The first kappa shape index (κ1) is 24.9. The van der Waals surface area contributed by atoms with Gasteiger partial charge in [0.15, 0.2) is 0 Å². The van der Waals surface area contributed by atoms with Gasteiger partial charge in [0.25, 0.3) is 5.91 Å². The molecule has 0 unspecified atom stereocenters. The number of hydrogen-bond donors (Lipinski definition) is 1. The molecule has 0 bridgehead atoms. The largest absolute Gasteiger partial charge is 0.331 e.